The van der Waals surface area contributed by atoms with Crippen molar-refractivity contribution in [1.82, 2.24) is 15.1 Å². The quantitative estimate of drug-likeness (QED) is 0.771. The summed E-state index contributed by atoms with van der Waals surface area (Å²) >= 11 is 0. The van der Waals surface area contributed by atoms with Crippen LogP contribution < -0.4 is 5.32 Å². The smallest absolute Gasteiger partial charge is 0.237 e. The number of hydrogen-bond donors (Lipinski definition) is 1. The highest BCUT2D eigenvalue weighted by atomic mass is 32.2. The summed E-state index contributed by atoms with van der Waals surface area (Å²) in [4.78, 5) is 16.6. The molecule has 2 fully saturated rings. The van der Waals surface area contributed by atoms with Crippen LogP contribution in [0.15, 0.2) is 0 Å². The van der Waals surface area contributed by atoms with E-state index < -0.39 is 15.1 Å². The lowest BCUT2D eigenvalue weighted by Crippen LogP contribution is -2.54. The molecule has 7 heteroatoms. The molecule has 0 radical (unpaired) electrons. The monoisotopic (exact) mass is 317 g/mol. The van der Waals surface area contributed by atoms with E-state index in [1.54, 1.807) is 0 Å². The van der Waals surface area contributed by atoms with Crippen LogP contribution in [0.1, 0.15) is 26.2 Å². The van der Waals surface area contributed by atoms with Gasteiger partial charge in [0.05, 0.1) is 17.0 Å². The molecule has 2 rings (SSSR count). The van der Waals surface area contributed by atoms with Gasteiger partial charge in [0, 0.05) is 32.7 Å². The van der Waals surface area contributed by atoms with E-state index >= 15 is 0 Å². The standard InChI is InChI=1S/C14H27N3O3S/c1-12(17-8-6-16(2)7-9-17)14(18)15-11-13-5-3-4-10-21(13,19)20/h12-13H,3-11H2,1-2H3,(H,15,18). The third kappa shape index (κ3) is 4.40. The van der Waals surface area contributed by atoms with E-state index in [9.17, 15) is 13.2 Å². The third-order valence-corrected chi connectivity index (χ3v) is 6.96. The number of sulfone groups is 1. The van der Waals surface area contributed by atoms with Crippen LogP contribution in [0.5, 0.6) is 0 Å². The number of carbonyl (C=O) groups is 1. The van der Waals surface area contributed by atoms with Crippen LogP contribution in [0.2, 0.25) is 0 Å². The molecule has 1 amide bonds. The van der Waals surface area contributed by atoms with Crippen molar-refractivity contribution in [1.29, 1.82) is 0 Å². The summed E-state index contributed by atoms with van der Waals surface area (Å²) in [7, 11) is -0.933. The molecule has 1 N–H and O–H groups in total. The van der Waals surface area contributed by atoms with Gasteiger partial charge in [0.1, 0.15) is 0 Å². The van der Waals surface area contributed by atoms with Crippen molar-refractivity contribution in [3.05, 3.63) is 0 Å². The third-order valence-electron chi connectivity index (χ3n) is 4.68. The van der Waals surface area contributed by atoms with Gasteiger partial charge in [0.25, 0.3) is 0 Å². The van der Waals surface area contributed by atoms with Gasteiger partial charge in [-0.05, 0) is 26.8 Å². The Bertz CT molecular complexity index is 458. The first-order chi connectivity index (χ1) is 9.90. The zero-order valence-corrected chi connectivity index (χ0v) is 13.9. The predicted octanol–water partition coefficient (Wildman–Crippen LogP) is -0.294. The first-order valence-corrected chi connectivity index (χ1v) is 9.53. The summed E-state index contributed by atoms with van der Waals surface area (Å²) in [5.74, 6) is 0.210. The van der Waals surface area contributed by atoms with Crippen molar-refractivity contribution < 1.29 is 13.2 Å². The van der Waals surface area contributed by atoms with Crippen LogP contribution in [-0.4, -0.2) is 80.9 Å². The largest absolute Gasteiger partial charge is 0.353 e. The Morgan fingerprint density at radius 2 is 1.90 bits per heavy atom. The first-order valence-electron chi connectivity index (χ1n) is 7.82. The maximum absolute atomic E-state index is 12.2. The fourth-order valence-corrected chi connectivity index (χ4v) is 4.79. The van der Waals surface area contributed by atoms with Gasteiger partial charge >= 0.3 is 0 Å². The van der Waals surface area contributed by atoms with Gasteiger partial charge < -0.3 is 10.2 Å². The fourth-order valence-electron chi connectivity index (χ4n) is 2.99. The van der Waals surface area contributed by atoms with Crippen molar-refractivity contribution in [3.63, 3.8) is 0 Å². The van der Waals surface area contributed by atoms with Crippen LogP contribution in [0, 0.1) is 0 Å². The molecule has 0 aromatic carbocycles. The number of hydrogen-bond acceptors (Lipinski definition) is 5. The van der Waals surface area contributed by atoms with Crippen molar-refractivity contribution in [2.75, 3.05) is 45.5 Å². The normalized spacial score (nSPS) is 29.0. The molecule has 0 saturated carbocycles. The van der Waals surface area contributed by atoms with Gasteiger partial charge in [0.15, 0.2) is 9.84 Å². The van der Waals surface area contributed by atoms with Gasteiger partial charge in [0.2, 0.25) is 5.91 Å². The Kier molecular flexibility index (Phi) is 5.62. The van der Waals surface area contributed by atoms with Gasteiger partial charge in [-0.25, -0.2) is 8.42 Å². The molecule has 2 saturated heterocycles. The molecule has 6 nitrogen and oxygen atoms in total. The first kappa shape index (κ1) is 16.7. The number of carbonyl (C=O) groups excluding carboxylic acids is 1. The molecule has 0 bridgehead atoms. The van der Waals surface area contributed by atoms with Crippen LogP contribution in [-0.2, 0) is 14.6 Å². The molecular formula is C14H27N3O3S. The lowest BCUT2D eigenvalue weighted by atomic mass is 10.2. The maximum atomic E-state index is 12.2. The minimum absolute atomic E-state index is 0.0553. The van der Waals surface area contributed by atoms with Crippen molar-refractivity contribution in [2.45, 2.75) is 37.5 Å². The van der Waals surface area contributed by atoms with Gasteiger partial charge in [-0.3, -0.25) is 9.69 Å². The molecule has 2 unspecified atom stereocenters. The molecule has 0 spiro atoms. The average molecular weight is 317 g/mol. The SMILES string of the molecule is CC(C(=O)NCC1CCCCS1(=O)=O)N1CCN(C)CC1. The molecule has 0 aromatic rings. The highest BCUT2D eigenvalue weighted by Crippen LogP contribution is 2.18. The molecule has 2 aliphatic heterocycles. The summed E-state index contributed by atoms with van der Waals surface area (Å²) in [5, 5.41) is 2.45. The highest BCUT2D eigenvalue weighted by Gasteiger charge is 2.30. The van der Waals surface area contributed by atoms with Crippen LogP contribution in [0.25, 0.3) is 0 Å². The van der Waals surface area contributed by atoms with E-state index in [2.05, 4.69) is 22.2 Å². The zero-order chi connectivity index (χ0) is 15.5. The summed E-state index contributed by atoms with van der Waals surface area (Å²) in [6.07, 6.45) is 2.36. The van der Waals surface area contributed by atoms with Gasteiger partial charge in [-0.2, -0.15) is 0 Å². The summed E-state index contributed by atoms with van der Waals surface area (Å²) in [6, 6.07) is -0.190. The van der Waals surface area contributed by atoms with Crippen molar-refractivity contribution >= 4 is 15.7 Å². The second-order valence-electron chi connectivity index (χ2n) is 6.25. The summed E-state index contributed by atoms with van der Waals surface area (Å²) in [6.45, 7) is 5.86. The van der Waals surface area contributed by atoms with E-state index in [0.717, 1.165) is 39.0 Å². The Balaban J connectivity index is 1.81. The Morgan fingerprint density at radius 3 is 2.52 bits per heavy atom. The molecule has 21 heavy (non-hydrogen) atoms. The minimum atomic E-state index is -3.01. The maximum Gasteiger partial charge on any atom is 0.237 e. The second kappa shape index (κ2) is 7.07. The van der Waals surface area contributed by atoms with E-state index in [4.69, 9.17) is 0 Å². The van der Waals surface area contributed by atoms with E-state index in [0.29, 0.717) is 6.42 Å². The number of nitrogens with zero attached hydrogens (tertiary/aromatic N) is 2. The van der Waals surface area contributed by atoms with E-state index in [1.807, 2.05) is 6.92 Å². The molecule has 0 aromatic heterocycles. The van der Waals surface area contributed by atoms with E-state index in [1.165, 1.54) is 0 Å². The van der Waals surface area contributed by atoms with Crippen molar-refractivity contribution in [3.8, 4) is 0 Å². The van der Waals surface area contributed by atoms with Gasteiger partial charge in [-0.15, -0.1) is 0 Å². The highest BCUT2D eigenvalue weighted by molar-refractivity contribution is 7.92. The molecule has 2 atom stereocenters. The number of nitrogens with one attached hydrogen (secondary N) is 1. The topological polar surface area (TPSA) is 69.7 Å². The lowest BCUT2D eigenvalue weighted by molar-refractivity contribution is -0.126. The summed E-state index contributed by atoms with van der Waals surface area (Å²) in [5.41, 5.74) is 0. The Labute approximate surface area is 127 Å². The Morgan fingerprint density at radius 1 is 1.24 bits per heavy atom. The zero-order valence-electron chi connectivity index (χ0n) is 13.0. The van der Waals surface area contributed by atoms with Crippen LogP contribution in [0.4, 0.5) is 0 Å². The van der Waals surface area contributed by atoms with Crippen molar-refractivity contribution in [2.24, 2.45) is 0 Å². The number of piperazine rings is 1. The van der Waals surface area contributed by atoms with Crippen LogP contribution >= 0.6 is 0 Å². The fraction of sp³-hybridized carbons (Fsp3) is 0.929. The number of rotatable bonds is 4. The minimum Gasteiger partial charge on any atom is -0.353 e. The molecule has 2 heterocycles. The number of likely N-dealkylation sites (N-methyl/N-ethyl adjacent to an activating group) is 1. The van der Waals surface area contributed by atoms with Gasteiger partial charge in [-0.1, -0.05) is 6.42 Å². The Hall–Kier alpha value is -0.660. The molecule has 0 aliphatic carbocycles. The van der Waals surface area contributed by atoms with E-state index in [-0.39, 0.29) is 24.2 Å². The molecular weight excluding hydrogens is 290 g/mol. The molecule has 2 aliphatic rings. The average Bonchev–Trinajstić information content (AvgIpc) is 2.45. The molecule has 122 valence electrons. The summed E-state index contributed by atoms with van der Waals surface area (Å²) < 4.78 is 23.9. The lowest BCUT2D eigenvalue weighted by Gasteiger charge is -2.35. The number of amides is 1. The predicted molar refractivity (Wildman–Crippen MR) is 83.0 cm³/mol. The van der Waals surface area contributed by atoms with Crippen LogP contribution in [0.3, 0.4) is 0 Å². The second-order valence-corrected chi connectivity index (χ2v) is 8.65.